The second-order valence-electron chi connectivity index (χ2n) is 2.44. The summed E-state index contributed by atoms with van der Waals surface area (Å²) in [5.41, 5.74) is 4.79. The van der Waals surface area contributed by atoms with Crippen LogP contribution in [0.15, 0.2) is 0 Å². The third-order valence-electron chi connectivity index (χ3n) is 1.48. The molecule has 1 heterocycles. The maximum atomic E-state index is 11.1. The molecule has 1 aliphatic heterocycles. The number of nitrogens with two attached hydrogens (primary N) is 1. The molecule has 0 bridgehead atoms. The van der Waals surface area contributed by atoms with Gasteiger partial charge in [0.05, 0.1) is 6.04 Å². The summed E-state index contributed by atoms with van der Waals surface area (Å²) < 4.78 is 0. The van der Waals surface area contributed by atoms with E-state index in [1.807, 2.05) is 5.32 Å². The Hall–Kier alpha value is -0.750. The second-order valence-corrected chi connectivity index (χ2v) is 3.58. The van der Waals surface area contributed by atoms with Crippen LogP contribution in [0.1, 0.15) is 0 Å². The largest absolute Gasteiger partial charge is 0.351 e. The normalized spacial score (nSPS) is 23.2. The lowest BCUT2D eigenvalue weighted by Crippen LogP contribution is -2.51. The van der Waals surface area contributed by atoms with Gasteiger partial charge in [-0.2, -0.15) is 11.8 Å². The molecule has 4 N–H and O–H groups in total. The van der Waals surface area contributed by atoms with Crippen molar-refractivity contribution in [3.63, 3.8) is 0 Å². The van der Waals surface area contributed by atoms with Crippen LogP contribution in [0.4, 0.5) is 4.79 Å². The van der Waals surface area contributed by atoms with Crippen LogP contribution in [0.2, 0.25) is 0 Å². The number of nitrogens with one attached hydrogen (secondary N) is 2. The first kappa shape index (κ1) is 9.34. The Labute approximate surface area is 74.4 Å². The Bertz CT molecular complexity index is 191. The highest BCUT2D eigenvalue weighted by Gasteiger charge is 2.21. The summed E-state index contributed by atoms with van der Waals surface area (Å²) in [7, 11) is 0. The molecule has 1 rings (SSSR count). The molecule has 1 fully saturated rings. The summed E-state index contributed by atoms with van der Waals surface area (Å²) >= 11 is 1.68. The van der Waals surface area contributed by atoms with Gasteiger partial charge in [-0.05, 0) is 0 Å². The zero-order valence-corrected chi connectivity index (χ0v) is 7.32. The fourth-order valence-corrected chi connectivity index (χ4v) is 1.88. The fourth-order valence-electron chi connectivity index (χ4n) is 0.942. The lowest BCUT2D eigenvalue weighted by Gasteiger charge is -2.21. The van der Waals surface area contributed by atoms with Crippen LogP contribution in [0.3, 0.4) is 0 Å². The number of hydrogen-bond acceptors (Lipinski definition) is 4. The summed E-state index contributed by atoms with van der Waals surface area (Å²) in [4.78, 5) is 21.4. The van der Waals surface area contributed by atoms with Crippen LogP contribution in [0.5, 0.6) is 0 Å². The molecule has 68 valence electrons. The molecule has 0 aromatic carbocycles. The molecule has 1 unspecified atom stereocenters. The van der Waals surface area contributed by atoms with Crippen LogP contribution >= 0.6 is 11.8 Å². The molecule has 6 heteroatoms. The van der Waals surface area contributed by atoms with Crippen molar-refractivity contribution in [2.75, 3.05) is 18.1 Å². The summed E-state index contributed by atoms with van der Waals surface area (Å²) in [6, 6.07) is -1.08. The standard InChI is InChI=1S/C6H11N3O2S/c7-6(11)9-5(10)4-3-12-2-1-8-4/h4,8H,1-3H2,(H3,7,9,10,11). The molecule has 0 saturated carbocycles. The average molecular weight is 189 g/mol. The number of primary amides is 1. The van der Waals surface area contributed by atoms with E-state index in [0.717, 1.165) is 12.3 Å². The quantitative estimate of drug-likeness (QED) is 0.488. The van der Waals surface area contributed by atoms with Crippen molar-refractivity contribution in [2.45, 2.75) is 6.04 Å². The summed E-state index contributed by atoms with van der Waals surface area (Å²) in [6.07, 6.45) is 0. The number of amides is 3. The lowest BCUT2D eigenvalue weighted by molar-refractivity contribution is -0.121. The Balaban J connectivity index is 2.34. The number of rotatable bonds is 1. The van der Waals surface area contributed by atoms with E-state index in [4.69, 9.17) is 5.73 Å². The van der Waals surface area contributed by atoms with Crippen molar-refractivity contribution in [3.8, 4) is 0 Å². The number of imide groups is 1. The highest BCUT2D eigenvalue weighted by molar-refractivity contribution is 7.99. The number of carbonyl (C=O) groups is 2. The van der Waals surface area contributed by atoms with Gasteiger partial charge in [-0.1, -0.05) is 0 Å². The number of thioether (sulfide) groups is 1. The highest BCUT2D eigenvalue weighted by Crippen LogP contribution is 2.07. The van der Waals surface area contributed by atoms with E-state index in [1.54, 1.807) is 11.8 Å². The maximum absolute atomic E-state index is 11.1. The first-order chi connectivity index (χ1) is 5.70. The zero-order chi connectivity index (χ0) is 8.97. The van der Waals surface area contributed by atoms with Crippen molar-refractivity contribution in [1.82, 2.24) is 10.6 Å². The molecule has 0 aromatic rings. The summed E-state index contributed by atoms with van der Waals surface area (Å²) in [6.45, 7) is 0.793. The second kappa shape index (κ2) is 4.32. The predicted molar refractivity (Wildman–Crippen MR) is 46.8 cm³/mol. The monoisotopic (exact) mass is 189 g/mol. The van der Waals surface area contributed by atoms with Crippen LogP contribution in [-0.2, 0) is 4.79 Å². The first-order valence-electron chi connectivity index (χ1n) is 3.61. The minimum Gasteiger partial charge on any atom is -0.351 e. The first-order valence-corrected chi connectivity index (χ1v) is 4.77. The molecular formula is C6H11N3O2S. The number of hydrogen-bond donors (Lipinski definition) is 3. The van der Waals surface area contributed by atoms with E-state index in [2.05, 4.69) is 5.32 Å². The van der Waals surface area contributed by atoms with E-state index < -0.39 is 6.03 Å². The van der Waals surface area contributed by atoms with E-state index in [-0.39, 0.29) is 11.9 Å². The molecule has 3 amide bonds. The van der Waals surface area contributed by atoms with Gasteiger partial charge in [0.25, 0.3) is 0 Å². The van der Waals surface area contributed by atoms with E-state index in [9.17, 15) is 9.59 Å². The molecule has 0 spiro atoms. The molecule has 5 nitrogen and oxygen atoms in total. The topological polar surface area (TPSA) is 84.2 Å². The van der Waals surface area contributed by atoms with Crippen molar-refractivity contribution < 1.29 is 9.59 Å². The minimum absolute atomic E-state index is 0.281. The predicted octanol–water partition coefficient (Wildman–Crippen LogP) is -1.11. The van der Waals surface area contributed by atoms with Crippen LogP contribution in [0.25, 0.3) is 0 Å². The lowest BCUT2D eigenvalue weighted by atomic mass is 10.3. The van der Waals surface area contributed by atoms with Gasteiger partial charge in [-0.25, -0.2) is 4.79 Å². The van der Waals surface area contributed by atoms with Gasteiger partial charge in [-0.15, -0.1) is 0 Å². The molecule has 1 saturated heterocycles. The van der Waals surface area contributed by atoms with Crippen molar-refractivity contribution >= 4 is 23.7 Å². The van der Waals surface area contributed by atoms with Crippen molar-refractivity contribution in [1.29, 1.82) is 0 Å². The Kier molecular flexibility index (Phi) is 3.36. The minimum atomic E-state index is -0.794. The third kappa shape index (κ3) is 2.71. The SMILES string of the molecule is NC(=O)NC(=O)C1CSCCN1. The molecule has 1 atom stereocenters. The number of carbonyl (C=O) groups excluding carboxylic acids is 2. The smallest absolute Gasteiger partial charge is 0.318 e. The molecule has 1 aliphatic rings. The Morgan fingerprint density at radius 3 is 2.83 bits per heavy atom. The summed E-state index contributed by atoms with van der Waals surface area (Å²) in [5, 5.41) is 5.02. The van der Waals surface area contributed by atoms with Gasteiger partial charge >= 0.3 is 6.03 Å². The molecule has 12 heavy (non-hydrogen) atoms. The molecule has 0 radical (unpaired) electrons. The third-order valence-corrected chi connectivity index (χ3v) is 2.55. The average Bonchev–Trinajstić information content (AvgIpc) is 2.05. The highest BCUT2D eigenvalue weighted by atomic mass is 32.2. The van der Waals surface area contributed by atoms with Gasteiger partial charge < -0.3 is 11.1 Å². The van der Waals surface area contributed by atoms with Gasteiger partial charge in [0, 0.05) is 18.1 Å². The summed E-state index contributed by atoms with van der Waals surface area (Å²) in [5.74, 6) is 1.36. The van der Waals surface area contributed by atoms with Gasteiger partial charge in [0.15, 0.2) is 0 Å². The van der Waals surface area contributed by atoms with Crippen molar-refractivity contribution in [3.05, 3.63) is 0 Å². The maximum Gasteiger partial charge on any atom is 0.318 e. The van der Waals surface area contributed by atoms with E-state index in [1.165, 1.54) is 0 Å². The van der Waals surface area contributed by atoms with Crippen LogP contribution in [0, 0.1) is 0 Å². The molecule has 0 aliphatic carbocycles. The van der Waals surface area contributed by atoms with Crippen LogP contribution in [-0.4, -0.2) is 36.0 Å². The van der Waals surface area contributed by atoms with E-state index >= 15 is 0 Å². The molecular weight excluding hydrogens is 178 g/mol. The Morgan fingerprint density at radius 2 is 2.33 bits per heavy atom. The van der Waals surface area contributed by atoms with Gasteiger partial charge in [-0.3, -0.25) is 10.1 Å². The van der Waals surface area contributed by atoms with E-state index in [0.29, 0.717) is 5.75 Å². The molecule has 0 aromatic heterocycles. The number of urea groups is 1. The van der Waals surface area contributed by atoms with Gasteiger partial charge in [0.1, 0.15) is 0 Å². The van der Waals surface area contributed by atoms with Crippen LogP contribution < -0.4 is 16.4 Å². The Morgan fingerprint density at radius 1 is 1.58 bits per heavy atom. The zero-order valence-electron chi connectivity index (χ0n) is 6.50. The fraction of sp³-hybridized carbons (Fsp3) is 0.667. The van der Waals surface area contributed by atoms with Crippen molar-refractivity contribution in [2.24, 2.45) is 5.73 Å². The van der Waals surface area contributed by atoms with Gasteiger partial charge in [0.2, 0.25) is 5.91 Å².